The molecule has 0 saturated heterocycles. The van der Waals surface area contributed by atoms with Crippen molar-refractivity contribution in [3.05, 3.63) is 58.1 Å². The molecule has 0 bridgehead atoms. The van der Waals surface area contributed by atoms with E-state index in [9.17, 15) is 13.2 Å². The lowest BCUT2D eigenvalue weighted by Crippen LogP contribution is -2.22. The van der Waals surface area contributed by atoms with E-state index < -0.39 is 10.0 Å². The summed E-state index contributed by atoms with van der Waals surface area (Å²) in [6.07, 6.45) is 0. The van der Waals surface area contributed by atoms with Gasteiger partial charge >= 0.3 is 0 Å². The van der Waals surface area contributed by atoms with Crippen LogP contribution in [0.3, 0.4) is 0 Å². The number of nitrogens with zero attached hydrogens (tertiary/aromatic N) is 1. The van der Waals surface area contributed by atoms with Gasteiger partial charge in [0.25, 0.3) is 15.9 Å². The Kier molecular flexibility index (Phi) is 5.19. The molecule has 0 aliphatic heterocycles. The third-order valence-corrected chi connectivity index (χ3v) is 4.90. The highest BCUT2D eigenvalue weighted by Gasteiger charge is 2.18. The van der Waals surface area contributed by atoms with E-state index in [0.29, 0.717) is 10.6 Å². The van der Waals surface area contributed by atoms with Gasteiger partial charge < -0.3 is 4.90 Å². The minimum absolute atomic E-state index is 0.00501. The van der Waals surface area contributed by atoms with E-state index in [1.54, 1.807) is 20.2 Å². The van der Waals surface area contributed by atoms with Crippen molar-refractivity contribution in [2.75, 3.05) is 18.8 Å². The van der Waals surface area contributed by atoms with Crippen molar-refractivity contribution in [2.45, 2.75) is 4.90 Å². The Morgan fingerprint density at radius 1 is 1.09 bits per heavy atom. The average Bonchev–Trinajstić information content (AvgIpc) is 2.48. The molecule has 0 radical (unpaired) electrons. The molecular weight excluding hydrogens is 359 g/mol. The van der Waals surface area contributed by atoms with Crippen LogP contribution < -0.4 is 4.72 Å². The molecule has 1 amide bonds. The molecule has 0 saturated carbocycles. The molecule has 0 aliphatic carbocycles. The molecule has 2 aromatic rings. The Labute approximate surface area is 144 Å². The molecule has 122 valence electrons. The number of carbonyl (C=O) groups is 1. The van der Waals surface area contributed by atoms with Crippen molar-refractivity contribution < 1.29 is 13.2 Å². The second-order valence-corrected chi connectivity index (χ2v) is 7.48. The summed E-state index contributed by atoms with van der Waals surface area (Å²) in [4.78, 5) is 13.4. The highest BCUT2D eigenvalue weighted by atomic mass is 35.5. The smallest absolute Gasteiger partial charge is 0.261 e. The zero-order chi connectivity index (χ0) is 17.2. The zero-order valence-corrected chi connectivity index (χ0v) is 14.7. The summed E-state index contributed by atoms with van der Waals surface area (Å²) in [7, 11) is -0.657. The first-order valence-electron chi connectivity index (χ1n) is 6.50. The maximum absolute atomic E-state index is 12.4. The van der Waals surface area contributed by atoms with Gasteiger partial charge in [-0.1, -0.05) is 29.3 Å². The minimum atomic E-state index is -3.86. The molecule has 5 nitrogen and oxygen atoms in total. The maximum atomic E-state index is 12.4. The van der Waals surface area contributed by atoms with E-state index in [1.807, 2.05) is 0 Å². The van der Waals surface area contributed by atoms with Crippen LogP contribution in [-0.4, -0.2) is 33.3 Å². The van der Waals surface area contributed by atoms with Crippen LogP contribution in [0.15, 0.2) is 47.4 Å². The molecule has 1 N–H and O–H groups in total. The zero-order valence-electron chi connectivity index (χ0n) is 12.4. The van der Waals surface area contributed by atoms with E-state index in [4.69, 9.17) is 23.2 Å². The Hall–Kier alpha value is -1.76. The lowest BCUT2D eigenvalue weighted by Gasteiger charge is -2.14. The number of carbonyl (C=O) groups excluding carboxylic acids is 1. The molecule has 0 atom stereocenters. The topological polar surface area (TPSA) is 66.5 Å². The van der Waals surface area contributed by atoms with Crippen LogP contribution in [-0.2, 0) is 10.0 Å². The van der Waals surface area contributed by atoms with Gasteiger partial charge in [-0.25, -0.2) is 8.42 Å². The van der Waals surface area contributed by atoms with Crippen LogP contribution in [0.4, 0.5) is 5.69 Å². The number of nitrogens with one attached hydrogen (secondary N) is 1. The predicted molar refractivity (Wildman–Crippen MR) is 91.7 cm³/mol. The van der Waals surface area contributed by atoms with Crippen molar-refractivity contribution in [2.24, 2.45) is 0 Å². The highest BCUT2D eigenvalue weighted by Crippen LogP contribution is 2.27. The number of rotatable bonds is 4. The largest absolute Gasteiger partial charge is 0.345 e. The fourth-order valence-corrected chi connectivity index (χ4v) is 3.42. The Bertz CT molecular complexity index is 852. The Morgan fingerprint density at radius 2 is 1.78 bits per heavy atom. The van der Waals surface area contributed by atoms with Gasteiger partial charge in [-0.05, 0) is 36.4 Å². The maximum Gasteiger partial charge on any atom is 0.261 e. The molecule has 2 rings (SSSR count). The number of hydrogen-bond acceptors (Lipinski definition) is 3. The van der Waals surface area contributed by atoms with Crippen molar-refractivity contribution in [1.82, 2.24) is 4.90 Å². The van der Waals surface area contributed by atoms with Gasteiger partial charge in [-0.15, -0.1) is 0 Å². The fraction of sp³-hybridized carbons (Fsp3) is 0.133. The summed E-state index contributed by atoms with van der Waals surface area (Å²) >= 11 is 11.8. The number of sulfonamides is 1. The van der Waals surface area contributed by atoms with E-state index in [-0.39, 0.29) is 21.5 Å². The first-order valence-corrected chi connectivity index (χ1v) is 8.74. The highest BCUT2D eigenvalue weighted by molar-refractivity contribution is 7.92. The molecule has 0 heterocycles. The van der Waals surface area contributed by atoms with Crippen LogP contribution >= 0.6 is 23.2 Å². The SMILES string of the molecule is CN(C)C(=O)c1ccc(Cl)c(NS(=O)(=O)c2cccc(Cl)c2)c1. The van der Waals surface area contributed by atoms with Gasteiger partial charge in [-0.2, -0.15) is 0 Å². The van der Waals surface area contributed by atoms with E-state index in [2.05, 4.69) is 4.72 Å². The van der Waals surface area contributed by atoms with Gasteiger partial charge in [0.2, 0.25) is 0 Å². The molecule has 0 aromatic heterocycles. The number of benzene rings is 2. The second-order valence-electron chi connectivity index (χ2n) is 4.96. The number of amides is 1. The molecule has 8 heteroatoms. The van der Waals surface area contributed by atoms with Gasteiger partial charge in [0.1, 0.15) is 0 Å². The lowest BCUT2D eigenvalue weighted by molar-refractivity contribution is 0.0827. The van der Waals surface area contributed by atoms with Crippen molar-refractivity contribution in [1.29, 1.82) is 0 Å². The van der Waals surface area contributed by atoms with E-state index in [0.717, 1.165) is 0 Å². The lowest BCUT2D eigenvalue weighted by atomic mass is 10.2. The van der Waals surface area contributed by atoms with Crippen LogP contribution in [0, 0.1) is 0 Å². The number of halogens is 2. The standard InChI is InChI=1S/C15H14Cl2N2O3S/c1-19(2)15(20)10-6-7-13(17)14(8-10)18-23(21,22)12-5-3-4-11(16)9-12/h3-9,18H,1-2H3. The van der Waals surface area contributed by atoms with Crippen molar-refractivity contribution >= 4 is 44.8 Å². The monoisotopic (exact) mass is 372 g/mol. The van der Waals surface area contributed by atoms with E-state index >= 15 is 0 Å². The molecule has 23 heavy (non-hydrogen) atoms. The first-order chi connectivity index (χ1) is 10.7. The number of hydrogen-bond donors (Lipinski definition) is 1. The van der Waals surface area contributed by atoms with Crippen molar-refractivity contribution in [3.63, 3.8) is 0 Å². The van der Waals surface area contributed by atoms with E-state index in [1.165, 1.54) is 41.3 Å². The molecule has 2 aromatic carbocycles. The van der Waals surface area contributed by atoms with Gasteiger partial charge in [-0.3, -0.25) is 9.52 Å². The van der Waals surface area contributed by atoms with Crippen LogP contribution in [0.5, 0.6) is 0 Å². The summed E-state index contributed by atoms with van der Waals surface area (Å²) in [5.74, 6) is -0.259. The molecular formula is C15H14Cl2N2O3S. The molecule has 0 spiro atoms. The fourth-order valence-electron chi connectivity index (χ4n) is 1.83. The minimum Gasteiger partial charge on any atom is -0.345 e. The third kappa shape index (κ3) is 4.16. The van der Waals surface area contributed by atoms with Gasteiger partial charge in [0, 0.05) is 24.7 Å². The first kappa shape index (κ1) is 17.6. The van der Waals surface area contributed by atoms with Gasteiger partial charge in [0.15, 0.2) is 0 Å². The summed E-state index contributed by atoms with van der Waals surface area (Å²) in [6.45, 7) is 0. The Balaban J connectivity index is 2.39. The summed E-state index contributed by atoms with van der Waals surface area (Å²) in [5.41, 5.74) is 0.447. The van der Waals surface area contributed by atoms with Crippen LogP contribution in [0.1, 0.15) is 10.4 Å². The second kappa shape index (κ2) is 6.78. The predicted octanol–water partition coefficient (Wildman–Crippen LogP) is 3.50. The van der Waals surface area contributed by atoms with Crippen LogP contribution in [0.2, 0.25) is 10.0 Å². The Morgan fingerprint density at radius 3 is 2.39 bits per heavy atom. The number of anilines is 1. The molecule has 0 aliphatic rings. The van der Waals surface area contributed by atoms with Crippen molar-refractivity contribution in [3.8, 4) is 0 Å². The average molecular weight is 373 g/mol. The third-order valence-electron chi connectivity index (χ3n) is 2.97. The summed E-state index contributed by atoms with van der Waals surface area (Å²) < 4.78 is 27.2. The van der Waals surface area contributed by atoms with Gasteiger partial charge in [0.05, 0.1) is 15.6 Å². The van der Waals surface area contributed by atoms with Crippen LogP contribution in [0.25, 0.3) is 0 Å². The summed E-state index contributed by atoms with van der Waals surface area (Å²) in [6, 6.07) is 10.2. The molecule has 0 unspecified atom stereocenters. The molecule has 0 fully saturated rings. The summed E-state index contributed by atoms with van der Waals surface area (Å²) in [5, 5.41) is 0.487. The normalized spacial score (nSPS) is 11.1. The quantitative estimate of drug-likeness (QED) is 0.892.